The van der Waals surface area contributed by atoms with E-state index in [9.17, 15) is 4.79 Å². The van der Waals surface area contributed by atoms with Crippen molar-refractivity contribution in [1.29, 1.82) is 0 Å². The van der Waals surface area contributed by atoms with Crippen molar-refractivity contribution in [3.63, 3.8) is 0 Å². The van der Waals surface area contributed by atoms with E-state index in [0.29, 0.717) is 36.6 Å². The van der Waals surface area contributed by atoms with Gasteiger partial charge in [-0.1, -0.05) is 0 Å². The molecule has 1 saturated carbocycles. The highest BCUT2D eigenvalue weighted by Crippen LogP contribution is 2.34. The summed E-state index contributed by atoms with van der Waals surface area (Å²) in [6.07, 6.45) is 1.42. The molecule has 0 unspecified atom stereocenters. The van der Waals surface area contributed by atoms with E-state index in [1.165, 1.54) is 0 Å². The molecule has 5 nitrogen and oxygen atoms in total. The van der Waals surface area contributed by atoms with Crippen LogP contribution in [-0.4, -0.2) is 25.8 Å². The molecule has 5 heteroatoms. The topological polar surface area (TPSA) is 70.8 Å². The molecule has 0 amide bonds. The van der Waals surface area contributed by atoms with Gasteiger partial charge in [-0.05, 0) is 19.8 Å². The molecule has 1 fully saturated rings. The molecule has 1 aliphatic carbocycles. The van der Waals surface area contributed by atoms with Gasteiger partial charge in [-0.25, -0.2) is 0 Å². The second-order valence-electron chi connectivity index (χ2n) is 4.60. The van der Waals surface area contributed by atoms with E-state index < -0.39 is 0 Å². The highest BCUT2D eigenvalue weighted by atomic mass is 16.5. The minimum absolute atomic E-state index is 0.0343. The zero-order valence-electron chi connectivity index (χ0n) is 11.2. The fraction of sp³-hybridized carbons (Fsp3) is 0.500. The standard InChI is InChI=1S/C14H19NO4/c1-3-18-14(16)9-4-12(5-9)19-13-7-10(15)6-11(8-13)17-2/h6-9,12H,3-5,15H2,1-2H3/t9-,12+. The largest absolute Gasteiger partial charge is 0.497 e. The smallest absolute Gasteiger partial charge is 0.309 e. The first-order chi connectivity index (χ1) is 9.12. The maximum Gasteiger partial charge on any atom is 0.309 e. The molecule has 0 radical (unpaired) electrons. The number of hydrogen-bond donors (Lipinski definition) is 1. The summed E-state index contributed by atoms with van der Waals surface area (Å²) in [5.41, 5.74) is 6.34. The Morgan fingerprint density at radius 1 is 1.32 bits per heavy atom. The van der Waals surface area contributed by atoms with Crippen LogP contribution in [0.1, 0.15) is 19.8 Å². The number of hydrogen-bond acceptors (Lipinski definition) is 5. The van der Waals surface area contributed by atoms with Crippen molar-refractivity contribution in [2.45, 2.75) is 25.9 Å². The molecule has 2 rings (SSSR count). The third-order valence-corrected chi connectivity index (χ3v) is 3.16. The summed E-state index contributed by atoms with van der Waals surface area (Å²) in [4.78, 5) is 11.5. The van der Waals surface area contributed by atoms with Crippen molar-refractivity contribution in [2.75, 3.05) is 19.5 Å². The van der Waals surface area contributed by atoms with E-state index in [1.807, 2.05) is 6.92 Å². The molecular formula is C14H19NO4. The third-order valence-electron chi connectivity index (χ3n) is 3.16. The first-order valence-electron chi connectivity index (χ1n) is 6.40. The molecule has 0 aliphatic heterocycles. The van der Waals surface area contributed by atoms with E-state index in [2.05, 4.69) is 0 Å². The van der Waals surface area contributed by atoms with Crippen molar-refractivity contribution < 1.29 is 19.0 Å². The predicted octanol–water partition coefficient (Wildman–Crippen LogP) is 2.00. The fourth-order valence-electron chi connectivity index (χ4n) is 2.09. The van der Waals surface area contributed by atoms with Gasteiger partial charge in [0, 0.05) is 23.9 Å². The summed E-state index contributed by atoms with van der Waals surface area (Å²) in [6.45, 7) is 2.23. The van der Waals surface area contributed by atoms with Crippen LogP contribution in [0.15, 0.2) is 18.2 Å². The SMILES string of the molecule is CCOC(=O)[C@H]1C[C@@H](Oc2cc(N)cc(OC)c2)C1. The van der Waals surface area contributed by atoms with Gasteiger partial charge in [-0.15, -0.1) is 0 Å². The average Bonchev–Trinajstić information content (AvgIpc) is 2.32. The van der Waals surface area contributed by atoms with Gasteiger partial charge < -0.3 is 19.9 Å². The van der Waals surface area contributed by atoms with Crippen LogP contribution in [0.5, 0.6) is 11.5 Å². The average molecular weight is 265 g/mol. The van der Waals surface area contributed by atoms with E-state index in [1.54, 1.807) is 25.3 Å². The van der Waals surface area contributed by atoms with Crippen molar-refractivity contribution in [3.05, 3.63) is 18.2 Å². The number of benzene rings is 1. The van der Waals surface area contributed by atoms with Crippen molar-refractivity contribution in [2.24, 2.45) is 5.92 Å². The lowest BCUT2D eigenvalue weighted by atomic mass is 9.82. The van der Waals surface area contributed by atoms with Gasteiger partial charge in [0.05, 0.1) is 19.6 Å². The first kappa shape index (κ1) is 13.5. The first-order valence-corrected chi connectivity index (χ1v) is 6.40. The maximum atomic E-state index is 11.5. The van der Waals surface area contributed by atoms with E-state index >= 15 is 0 Å². The van der Waals surface area contributed by atoms with E-state index in [4.69, 9.17) is 19.9 Å². The van der Waals surface area contributed by atoms with Gasteiger partial charge in [-0.2, -0.15) is 0 Å². The number of ether oxygens (including phenoxy) is 3. The number of nitrogens with two attached hydrogens (primary N) is 1. The molecule has 0 aromatic heterocycles. The summed E-state index contributed by atoms with van der Waals surface area (Å²) in [6, 6.07) is 5.27. The lowest BCUT2D eigenvalue weighted by molar-refractivity contribution is -0.154. The number of nitrogen functional groups attached to an aromatic ring is 1. The number of methoxy groups -OCH3 is 1. The normalized spacial score (nSPS) is 21.4. The molecule has 1 aliphatic rings. The van der Waals surface area contributed by atoms with Gasteiger partial charge in [0.1, 0.15) is 17.6 Å². The number of rotatable bonds is 5. The number of esters is 1. The third kappa shape index (κ3) is 3.30. The minimum atomic E-state index is -0.132. The van der Waals surface area contributed by atoms with Crippen molar-refractivity contribution in [3.8, 4) is 11.5 Å². The van der Waals surface area contributed by atoms with Crippen LogP contribution >= 0.6 is 0 Å². The predicted molar refractivity (Wildman–Crippen MR) is 71.2 cm³/mol. The second-order valence-corrected chi connectivity index (χ2v) is 4.60. The van der Waals surface area contributed by atoms with Gasteiger partial charge >= 0.3 is 5.97 Å². The van der Waals surface area contributed by atoms with Crippen LogP contribution in [0.25, 0.3) is 0 Å². The maximum absolute atomic E-state index is 11.5. The Bertz CT molecular complexity index is 455. The highest BCUT2D eigenvalue weighted by molar-refractivity contribution is 5.73. The summed E-state index contributed by atoms with van der Waals surface area (Å²) in [5.74, 6) is 1.17. The zero-order chi connectivity index (χ0) is 13.8. The van der Waals surface area contributed by atoms with E-state index in [0.717, 1.165) is 0 Å². The molecular weight excluding hydrogens is 246 g/mol. The zero-order valence-corrected chi connectivity index (χ0v) is 11.2. The molecule has 1 aromatic carbocycles. The van der Waals surface area contributed by atoms with Crippen LogP contribution in [0.2, 0.25) is 0 Å². The molecule has 2 N–H and O–H groups in total. The molecule has 1 aromatic rings. The molecule has 19 heavy (non-hydrogen) atoms. The summed E-state index contributed by atoms with van der Waals surface area (Å²) in [5, 5.41) is 0. The van der Waals surface area contributed by atoms with Crippen molar-refractivity contribution in [1.82, 2.24) is 0 Å². The Morgan fingerprint density at radius 3 is 2.63 bits per heavy atom. The molecule has 104 valence electrons. The monoisotopic (exact) mass is 265 g/mol. The molecule has 0 saturated heterocycles. The molecule has 0 spiro atoms. The number of carbonyl (C=O) groups excluding carboxylic acids is 1. The van der Waals surface area contributed by atoms with Crippen LogP contribution in [0, 0.1) is 5.92 Å². The Balaban J connectivity index is 1.87. The molecule has 0 heterocycles. The Morgan fingerprint density at radius 2 is 2.00 bits per heavy atom. The highest BCUT2D eigenvalue weighted by Gasteiger charge is 2.37. The fourth-order valence-corrected chi connectivity index (χ4v) is 2.09. The molecule has 0 atom stereocenters. The second kappa shape index (κ2) is 5.82. The van der Waals surface area contributed by atoms with Gasteiger partial charge in [0.2, 0.25) is 0 Å². The van der Waals surface area contributed by atoms with Crippen LogP contribution in [0.3, 0.4) is 0 Å². The Labute approximate surface area is 112 Å². The minimum Gasteiger partial charge on any atom is -0.497 e. The quantitative estimate of drug-likeness (QED) is 0.651. The van der Waals surface area contributed by atoms with Crippen LogP contribution in [0.4, 0.5) is 5.69 Å². The van der Waals surface area contributed by atoms with Gasteiger partial charge in [-0.3, -0.25) is 4.79 Å². The Kier molecular flexibility index (Phi) is 4.14. The summed E-state index contributed by atoms with van der Waals surface area (Å²) in [7, 11) is 1.58. The van der Waals surface area contributed by atoms with Gasteiger partial charge in [0.15, 0.2) is 0 Å². The van der Waals surface area contributed by atoms with Crippen LogP contribution < -0.4 is 15.2 Å². The molecule has 0 bridgehead atoms. The summed E-state index contributed by atoms with van der Waals surface area (Å²) >= 11 is 0. The number of anilines is 1. The lowest BCUT2D eigenvalue weighted by Crippen LogP contribution is -2.39. The van der Waals surface area contributed by atoms with Gasteiger partial charge in [0.25, 0.3) is 0 Å². The van der Waals surface area contributed by atoms with Crippen LogP contribution in [-0.2, 0) is 9.53 Å². The Hall–Kier alpha value is -1.91. The summed E-state index contributed by atoms with van der Waals surface area (Å²) < 4.78 is 15.9. The number of carbonyl (C=O) groups is 1. The lowest BCUT2D eigenvalue weighted by Gasteiger charge is -2.33. The van der Waals surface area contributed by atoms with E-state index in [-0.39, 0.29) is 18.0 Å². The van der Waals surface area contributed by atoms with Crippen molar-refractivity contribution >= 4 is 11.7 Å².